The van der Waals surface area contributed by atoms with Crippen molar-refractivity contribution < 1.29 is 19.5 Å². The molecule has 8 heteroatoms. The lowest BCUT2D eigenvalue weighted by Gasteiger charge is -2.23. The summed E-state index contributed by atoms with van der Waals surface area (Å²) in [5.41, 5.74) is 1.76. The second-order valence-corrected chi connectivity index (χ2v) is 7.18. The summed E-state index contributed by atoms with van der Waals surface area (Å²) in [4.78, 5) is 41.9. The molecule has 0 radical (unpaired) electrons. The maximum absolute atomic E-state index is 12.8. The van der Waals surface area contributed by atoms with E-state index < -0.39 is 11.9 Å². The van der Waals surface area contributed by atoms with Crippen molar-refractivity contribution in [3.63, 3.8) is 0 Å². The Hall–Kier alpha value is -3.42. The fourth-order valence-electron chi connectivity index (χ4n) is 3.06. The van der Waals surface area contributed by atoms with E-state index in [1.165, 1.54) is 6.92 Å². The van der Waals surface area contributed by atoms with Crippen molar-refractivity contribution in [1.29, 1.82) is 0 Å². The van der Waals surface area contributed by atoms with Crippen LogP contribution in [0.25, 0.3) is 0 Å². The van der Waals surface area contributed by atoms with Gasteiger partial charge in [0.25, 0.3) is 11.8 Å². The van der Waals surface area contributed by atoms with Gasteiger partial charge in [-0.1, -0.05) is 19.1 Å². The average molecular weight is 396 g/mol. The van der Waals surface area contributed by atoms with Crippen LogP contribution < -0.4 is 10.6 Å². The average Bonchev–Trinajstić information content (AvgIpc) is 3.06. The van der Waals surface area contributed by atoms with E-state index in [1.807, 2.05) is 31.3 Å². The zero-order valence-corrected chi connectivity index (χ0v) is 16.4. The summed E-state index contributed by atoms with van der Waals surface area (Å²) >= 11 is 0. The monoisotopic (exact) mass is 396 g/mol. The molecule has 1 aliphatic carbocycles. The summed E-state index contributed by atoms with van der Waals surface area (Å²) in [6, 6.07) is 5.48. The van der Waals surface area contributed by atoms with Crippen molar-refractivity contribution >= 4 is 23.6 Å². The van der Waals surface area contributed by atoms with Gasteiger partial charge in [-0.2, -0.15) is 0 Å². The molecule has 0 saturated heterocycles. The summed E-state index contributed by atoms with van der Waals surface area (Å²) in [6.07, 6.45) is 7.34. The van der Waals surface area contributed by atoms with Crippen molar-refractivity contribution in [2.24, 2.45) is 5.92 Å². The molecular weight excluding hydrogens is 372 g/mol. The van der Waals surface area contributed by atoms with Gasteiger partial charge >= 0.3 is 5.97 Å². The molecule has 0 aromatic carbocycles. The quantitative estimate of drug-likeness (QED) is 0.617. The van der Waals surface area contributed by atoms with Crippen LogP contribution in [0.3, 0.4) is 0 Å². The molecule has 0 bridgehead atoms. The van der Waals surface area contributed by atoms with Gasteiger partial charge in [-0.3, -0.25) is 14.4 Å². The van der Waals surface area contributed by atoms with Crippen LogP contribution in [-0.4, -0.2) is 51.9 Å². The van der Waals surface area contributed by atoms with Gasteiger partial charge in [0.1, 0.15) is 5.82 Å². The maximum atomic E-state index is 12.8. The lowest BCUT2D eigenvalue weighted by Crippen LogP contribution is -2.37. The molecule has 0 saturated carbocycles. The van der Waals surface area contributed by atoms with E-state index in [0.29, 0.717) is 24.1 Å². The molecule has 2 atom stereocenters. The number of pyridine rings is 1. The highest BCUT2D eigenvalue weighted by Crippen LogP contribution is 2.32. The number of rotatable bonds is 8. The summed E-state index contributed by atoms with van der Waals surface area (Å²) < 4.78 is 0. The highest BCUT2D eigenvalue weighted by Gasteiger charge is 2.32. The minimum absolute atomic E-state index is 0.0354. The number of fused-ring (bicyclic) bond motifs is 1. The number of carbonyl (C=O) groups excluding carboxylic acids is 2. The summed E-state index contributed by atoms with van der Waals surface area (Å²) in [5, 5.41) is 14.7. The zero-order valence-electron chi connectivity index (χ0n) is 16.4. The van der Waals surface area contributed by atoms with Crippen LogP contribution in [0.1, 0.15) is 20.3 Å². The molecule has 29 heavy (non-hydrogen) atoms. The Morgan fingerprint density at radius 1 is 1.28 bits per heavy atom. The molecular formula is C21H24N4O4. The van der Waals surface area contributed by atoms with Gasteiger partial charge in [-0.05, 0) is 37.1 Å². The Labute approximate surface area is 169 Å². The van der Waals surface area contributed by atoms with Crippen molar-refractivity contribution in [1.82, 2.24) is 15.2 Å². The summed E-state index contributed by atoms with van der Waals surface area (Å²) in [5.74, 6) is -1.43. The number of allylic oxidation sites excluding steroid dienone is 1. The summed E-state index contributed by atoms with van der Waals surface area (Å²) in [7, 11) is 0. The van der Waals surface area contributed by atoms with E-state index in [4.69, 9.17) is 5.11 Å². The molecule has 0 spiro atoms. The molecule has 152 valence electrons. The normalized spacial score (nSPS) is 17.5. The predicted octanol–water partition coefficient (Wildman–Crippen LogP) is 1.70. The number of aromatic nitrogens is 1. The van der Waals surface area contributed by atoms with E-state index in [2.05, 4.69) is 15.6 Å². The lowest BCUT2D eigenvalue weighted by molar-refractivity contribution is -0.141. The third-order valence-corrected chi connectivity index (χ3v) is 4.92. The minimum Gasteiger partial charge on any atom is -0.481 e. The third kappa shape index (κ3) is 4.71. The Kier molecular flexibility index (Phi) is 6.11. The maximum Gasteiger partial charge on any atom is 0.308 e. The highest BCUT2D eigenvalue weighted by atomic mass is 16.4. The number of nitrogens with zero attached hydrogens (tertiary/aromatic N) is 2. The second-order valence-electron chi connectivity index (χ2n) is 7.18. The van der Waals surface area contributed by atoms with E-state index in [-0.39, 0.29) is 24.4 Å². The van der Waals surface area contributed by atoms with Gasteiger partial charge in [0.2, 0.25) is 0 Å². The van der Waals surface area contributed by atoms with Gasteiger partial charge in [-0.15, -0.1) is 0 Å². The highest BCUT2D eigenvalue weighted by molar-refractivity contribution is 6.06. The Balaban J connectivity index is 1.61. The number of hydrogen-bond donors (Lipinski definition) is 3. The van der Waals surface area contributed by atoms with Gasteiger partial charge in [0.05, 0.1) is 12.0 Å². The Morgan fingerprint density at radius 3 is 2.76 bits per heavy atom. The standard InChI is InChI=1S/C21H24N4O4/c1-13(21(28)29)10-24-19(26)15-6-7-16-12-25(20(27)17(16)9-15)14(2)11-23-18-5-3-4-8-22-18/h3-6,8-9,12-14H,7,10-11H2,1-2H3,(H,22,23)(H,24,26)(H,28,29)/t13-,14+/m0/s1. The molecule has 1 aliphatic heterocycles. The Morgan fingerprint density at radius 2 is 2.07 bits per heavy atom. The largest absolute Gasteiger partial charge is 0.481 e. The molecule has 1 aromatic rings. The number of aliphatic carboxylic acids is 1. The molecule has 0 unspecified atom stereocenters. The van der Waals surface area contributed by atoms with Crippen molar-refractivity contribution in [2.75, 3.05) is 18.4 Å². The molecule has 2 heterocycles. The first-order valence-corrected chi connectivity index (χ1v) is 9.48. The number of carboxylic acids is 1. The number of carboxylic acid groups (broad SMARTS) is 1. The molecule has 1 aromatic heterocycles. The van der Waals surface area contributed by atoms with Crippen LogP contribution in [0.4, 0.5) is 5.82 Å². The first kappa shape index (κ1) is 20.3. The number of carbonyl (C=O) groups is 3. The molecule has 3 rings (SSSR count). The molecule has 8 nitrogen and oxygen atoms in total. The zero-order chi connectivity index (χ0) is 21.0. The molecule has 2 aliphatic rings. The van der Waals surface area contributed by atoms with Gasteiger partial charge in [0.15, 0.2) is 0 Å². The summed E-state index contributed by atoms with van der Waals surface area (Å²) in [6.45, 7) is 4.04. The van der Waals surface area contributed by atoms with Gasteiger partial charge < -0.3 is 20.6 Å². The van der Waals surface area contributed by atoms with Crippen LogP contribution in [-0.2, 0) is 14.4 Å². The van der Waals surface area contributed by atoms with Crippen molar-refractivity contribution in [3.8, 4) is 0 Å². The molecule has 3 N–H and O–H groups in total. The van der Waals surface area contributed by atoms with E-state index >= 15 is 0 Å². The SMILES string of the molecule is C[C@H](CNc1ccccn1)N1C=C2CC=C(C(=O)NC[C@H](C)C(=O)O)C=C2C1=O. The minimum atomic E-state index is -0.971. The topological polar surface area (TPSA) is 112 Å². The number of hydrogen-bond acceptors (Lipinski definition) is 5. The number of anilines is 1. The van der Waals surface area contributed by atoms with Crippen LogP contribution in [0, 0.1) is 5.92 Å². The first-order chi connectivity index (χ1) is 13.9. The lowest BCUT2D eigenvalue weighted by atomic mass is 9.95. The van der Waals surface area contributed by atoms with Crippen molar-refractivity contribution in [3.05, 3.63) is 59.5 Å². The smallest absolute Gasteiger partial charge is 0.308 e. The van der Waals surface area contributed by atoms with E-state index in [9.17, 15) is 14.4 Å². The fourth-order valence-corrected chi connectivity index (χ4v) is 3.06. The van der Waals surface area contributed by atoms with E-state index in [0.717, 1.165) is 11.4 Å². The number of amides is 2. The Bertz CT molecular complexity index is 905. The van der Waals surface area contributed by atoms with Crippen LogP contribution in [0.5, 0.6) is 0 Å². The second kappa shape index (κ2) is 8.72. The first-order valence-electron chi connectivity index (χ1n) is 9.48. The predicted molar refractivity (Wildman–Crippen MR) is 108 cm³/mol. The van der Waals surface area contributed by atoms with Crippen LogP contribution in [0.2, 0.25) is 0 Å². The van der Waals surface area contributed by atoms with Crippen LogP contribution >= 0.6 is 0 Å². The molecule has 2 amide bonds. The van der Waals surface area contributed by atoms with E-state index in [1.54, 1.807) is 23.2 Å². The number of nitrogens with one attached hydrogen (secondary N) is 2. The molecule has 0 fully saturated rings. The van der Waals surface area contributed by atoms with Gasteiger partial charge in [-0.25, -0.2) is 4.98 Å². The fraction of sp³-hybridized carbons (Fsp3) is 0.333. The van der Waals surface area contributed by atoms with Crippen LogP contribution in [0.15, 0.2) is 59.5 Å². The van der Waals surface area contributed by atoms with Crippen molar-refractivity contribution in [2.45, 2.75) is 26.3 Å². The third-order valence-electron chi connectivity index (χ3n) is 4.92. The van der Waals surface area contributed by atoms with Gasteiger partial charge in [0, 0.05) is 36.6 Å².